The average Bonchev–Trinajstić information content (AvgIpc) is 3.54. The zero-order valence-corrected chi connectivity index (χ0v) is 30.2. The number of anilines is 2. The Bertz CT molecular complexity index is 1910. The minimum Gasteiger partial charge on any atom is -0.504 e. The number of nitrogens with zero attached hydrogens (tertiary/aromatic N) is 4. The van der Waals surface area contributed by atoms with Crippen molar-refractivity contribution in [3.8, 4) is 23.0 Å². The highest BCUT2D eigenvalue weighted by atomic mass is 19.1. The molecule has 7 N–H and O–H groups in total. The molecule has 0 bridgehead atoms. The molecule has 5 rings (SSSR count). The summed E-state index contributed by atoms with van der Waals surface area (Å²) in [6.07, 6.45) is -0.259. The van der Waals surface area contributed by atoms with E-state index in [1.807, 2.05) is 0 Å². The van der Waals surface area contributed by atoms with Crippen LogP contribution >= 0.6 is 0 Å². The van der Waals surface area contributed by atoms with E-state index in [0.717, 1.165) is 4.90 Å². The van der Waals surface area contributed by atoms with Crippen molar-refractivity contribution >= 4 is 41.1 Å². The molecule has 0 aromatic heterocycles. The molecule has 18 heteroatoms. The molecule has 2 aliphatic rings. The number of amides is 5. The number of hydrogen-bond donors (Lipinski definition) is 7. The third-order valence-corrected chi connectivity index (χ3v) is 9.23. The number of aromatic hydroxyl groups is 4. The van der Waals surface area contributed by atoms with Crippen LogP contribution in [-0.4, -0.2) is 139 Å². The Morgan fingerprint density at radius 2 is 1.56 bits per heavy atom. The molecular formula is C37H44FN7O10. The molecule has 1 atom stereocenters. The molecule has 0 aliphatic carbocycles. The van der Waals surface area contributed by atoms with Crippen molar-refractivity contribution in [2.75, 3.05) is 82.3 Å². The molecule has 0 unspecified atom stereocenters. The Morgan fingerprint density at radius 1 is 0.891 bits per heavy atom. The van der Waals surface area contributed by atoms with E-state index in [-0.39, 0.29) is 55.9 Å². The Morgan fingerprint density at radius 3 is 2.24 bits per heavy atom. The number of carbonyl (C=O) groups excluding carboxylic acids is 5. The van der Waals surface area contributed by atoms with E-state index in [1.54, 1.807) is 24.1 Å². The minimum atomic E-state index is -0.752. The molecule has 3 aromatic rings. The fraction of sp³-hybridized carbons (Fsp3) is 0.378. The van der Waals surface area contributed by atoms with Crippen LogP contribution in [0.5, 0.6) is 23.0 Å². The average molecular weight is 766 g/mol. The lowest BCUT2D eigenvalue weighted by molar-refractivity contribution is -0.133. The second-order valence-corrected chi connectivity index (χ2v) is 13.0. The van der Waals surface area contributed by atoms with Gasteiger partial charge in [0.2, 0.25) is 11.8 Å². The normalized spacial score (nSPS) is 15.4. The van der Waals surface area contributed by atoms with E-state index in [1.165, 1.54) is 52.3 Å². The van der Waals surface area contributed by atoms with Gasteiger partial charge < -0.3 is 55.8 Å². The van der Waals surface area contributed by atoms with Crippen molar-refractivity contribution in [2.45, 2.75) is 18.9 Å². The van der Waals surface area contributed by atoms with Gasteiger partial charge in [-0.2, -0.15) is 0 Å². The maximum atomic E-state index is 15.2. The zero-order chi connectivity index (χ0) is 39.6. The lowest BCUT2D eigenvalue weighted by atomic mass is 10.1. The van der Waals surface area contributed by atoms with Crippen molar-refractivity contribution in [3.63, 3.8) is 0 Å². The molecule has 2 saturated heterocycles. The quantitative estimate of drug-likeness (QED) is 0.0860. The third kappa shape index (κ3) is 9.82. The summed E-state index contributed by atoms with van der Waals surface area (Å²) in [5, 5.41) is 47.9. The molecule has 2 fully saturated rings. The van der Waals surface area contributed by atoms with Crippen LogP contribution in [0.15, 0.2) is 54.6 Å². The van der Waals surface area contributed by atoms with Crippen LogP contribution in [-0.2, 0) is 14.3 Å². The summed E-state index contributed by atoms with van der Waals surface area (Å²) >= 11 is 0. The Balaban J connectivity index is 1.11. The number of phenolic OH excluding ortho intramolecular Hbond substituents is 4. The zero-order valence-electron chi connectivity index (χ0n) is 30.2. The van der Waals surface area contributed by atoms with Gasteiger partial charge in [0, 0.05) is 45.8 Å². The van der Waals surface area contributed by atoms with Gasteiger partial charge in [-0.1, -0.05) is 12.1 Å². The van der Waals surface area contributed by atoms with Gasteiger partial charge in [-0.25, -0.2) is 9.18 Å². The van der Waals surface area contributed by atoms with E-state index in [0.29, 0.717) is 50.4 Å². The van der Waals surface area contributed by atoms with E-state index in [9.17, 15) is 44.4 Å². The van der Waals surface area contributed by atoms with Crippen LogP contribution in [0, 0.1) is 5.82 Å². The van der Waals surface area contributed by atoms with Crippen molar-refractivity contribution in [2.24, 2.45) is 0 Å². The predicted molar refractivity (Wildman–Crippen MR) is 197 cm³/mol. The van der Waals surface area contributed by atoms with Crippen LogP contribution in [0.2, 0.25) is 0 Å². The summed E-state index contributed by atoms with van der Waals surface area (Å²) in [4.78, 5) is 70.0. The first-order chi connectivity index (χ1) is 26.4. The summed E-state index contributed by atoms with van der Waals surface area (Å²) in [5.41, 5.74) is 0.349. The van der Waals surface area contributed by atoms with Gasteiger partial charge in [-0.15, -0.1) is 0 Å². The van der Waals surface area contributed by atoms with Crippen LogP contribution in [0.1, 0.15) is 33.6 Å². The number of carbonyl (C=O) groups is 5. The first-order valence-electron chi connectivity index (χ1n) is 17.7. The number of halogens is 1. The first kappa shape index (κ1) is 39.9. The lowest BCUT2D eigenvalue weighted by Gasteiger charge is -2.36. The van der Waals surface area contributed by atoms with E-state index in [4.69, 9.17) is 4.74 Å². The second kappa shape index (κ2) is 18.2. The second-order valence-electron chi connectivity index (χ2n) is 13.0. The Labute approximate surface area is 315 Å². The number of rotatable bonds is 15. The number of benzene rings is 3. The number of hydrogen-bond acceptors (Lipinski definition) is 12. The molecule has 0 spiro atoms. The van der Waals surface area contributed by atoms with Gasteiger partial charge >= 0.3 is 6.09 Å². The van der Waals surface area contributed by atoms with Crippen molar-refractivity contribution in [3.05, 3.63) is 71.5 Å². The van der Waals surface area contributed by atoms with Crippen LogP contribution in [0.25, 0.3) is 0 Å². The number of cyclic esters (lactones) is 1. The third-order valence-electron chi connectivity index (χ3n) is 9.23. The number of unbranched alkanes of at least 4 members (excludes halogenated alkanes) is 1. The maximum absolute atomic E-state index is 15.2. The fourth-order valence-electron chi connectivity index (χ4n) is 6.26. The summed E-state index contributed by atoms with van der Waals surface area (Å²) in [7, 11) is 1.75. The molecule has 2 aliphatic heterocycles. The molecule has 3 aromatic carbocycles. The van der Waals surface area contributed by atoms with Gasteiger partial charge in [0.1, 0.15) is 11.9 Å². The predicted octanol–water partition coefficient (Wildman–Crippen LogP) is 1.31. The van der Waals surface area contributed by atoms with E-state index >= 15 is 4.39 Å². The number of phenols is 4. The molecular weight excluding hydrogens is 721 g/mol. The summed E-state index contributed by atoms with van der Waals surface area (Å²) in [6.45, 7) is 1.19. The molecule has 2 heterocycles. The monoisotopic (exact) mass is 765 g/mol. The van der Waals surface area contributed by atoms with Gasteiger partial charge in [-0.05, 0) is 62.4 Å². The Kier molecular flexibility index (Phi) is 13.2. The van der Waals surface area contributed by atoms with Crippen LogP contribution in [0.3, 0.4) is 0 Å². The highest BCUT2D eigenvalue weighted by molar-refractivity contribution is 6.00. The number of nitrogens with one attached hydrogen (secondary N) is 3. The van der Waals surface area contributed by atoms with Crippen molar-refractivity contribution in [1.82, 2.24) is 25.8 Å². The van der Waals surface area contributed by atoms with E-state index in [2.05, 4.69) is 16.0 Å². The molecule has 5 amide bonds. The summed E-state index contributed by atoms with van der Waals surface area (Å²) < 4.78 is 20.5. The number of piperazine rings is 1. The number of para-hydroxylation sites is 2. The lowest BCUT2D eigenvalue weighted by Crippen LogP contribution is -2.52. The summed E-state index contributed by atoms with van der Waals surface area (Å²) in [5.74, 6) is -5.12. The smallest absolute Gasteiger partial charge is 0.414 e. The van der Waals surface area contributed by atoms with Gasteiger partial charge in [0.15, 0.2) is 23.0 Å². The van der Waals surface area contributed by atoms with E-state index < -0.39 is 59.2 Å². The molecule has 0 saturated carbocycles. The van der Waals surface area contributed by atoms with Crippen molar-refractivity contribution in [1.29, 1.82) is 0 Å². The first-order valence-corrected chi connectivity index (χ1v) is 17.7. The number of likely N-dealkylation sites (N-methyl/N-ethyl adjacent to an activating group) is 1. The summed E-state index contributed by atoms with van der Waals surface area (Å²) in [6, 6.07) is 12.3. The topological polar surface area (TPSA) is 225 Å². The largest absolute Gasteiger partial charge is 0.504 e. The highest BCUT2D eigenvalue weighted by Gasteiger charge is 2.33. The standard InChI is InChI=1S/C37H44FN7O10/c1-39-19-24-21-45(37(54)55-24)23-10-11-28(27(38)18-23)42-14-16-43(17-15-42)32(49)20-41-31(48)22-44(36(53)26-7-5-9-30(47)34(26)51)13-3-2-12-40-35(52)25-6-4-8-29(46)33(25)50/h4-11,18,24,39,46-47,50-51H,2-3,12-17,19-22H2,1H3,(H,40,52)(H,41,48)/t24-/m0/s1. The SMILES string of the molecule is CNC[C@H]1CN(c2ccc(N3CCN(C(=O)CNC(=O)CN(CCCCNC(=O)c4cccc(O)c4O)C(=O)c4cccc(O)c4O)CC3)c(F)c2)C(=O)O1. The van der Waals surface area contributed by atoms with Gasteiger partial charge in [0.25, 0.3) is 11.8 Å². The van der Waals surface area contributed by atoms with Crippen LogP contribution < -0.4 is 25.8 Å². The molecule has 294 valence electrons. The van der Waals surface area contributed by atoms with Gasteiger partial charge in [-0.3, -0.25) is 24.1 Å². The highest BCUT2D eigenvalue weighted by Crippen LogP contribution is 2.31. The molecule has 0 radical (unpaired) electrons. The Hall–Kier alpha value is -6.30. The molecule has 17 nitrogen and oxygen atoms in total. The minimum absolute atomic E-state index is 0.00100. The number of ether oxygens (including phenoxy) is 1. The van der Waals surface area contributed by atoms with Gasteiger partial charge in [0.05, 0.1) is 42.1 Å². The molecule has 55 heavy (non-hydrogen) atoms. The maximum Gasteiger partial charge on any atom is 0.414 e. The van der Waals surface area contributed by atoms with Crippen molar-refractivity contribution < 1.29 is 53.5 Å². The van der Waals surface area contributed by atoms with Crippen LogP contribution in [0.4, 0.5) is 20.6 Å². The fourth-order valence-corrected chi connectivity index (χ4v) is 6.26.